The molecule has 3 aromatic rings. The number of aryl methyl sites for hydroxylation is 1. The van der Waals surface area contributed by atoms with Crippen LogP contribution in [0.1, 0.15) is 13.3 Å². The van der Waals surface area contributed by atoms with Gasteiger partial charge in [0.2, 0.25) is 17.1 Å². The quantitative estimate of drug-likeness (QED) is 0.606. The molecular formula is C19H19ClN6O4. The molecule has 11 heteroatoms. The zero-order chi connectivity index (χ0) is 21.7. The van der Waals surface area contributed by atoms with Crippen LogP contribution in [-0.2, 0) is 30.2 Å². The second kappa shape index (κ2) is 7.13. The first-order valence-electron chi connectivity index (χ1n) is 9.23. The van der Waals surface area contributed by atoms with Crippen LogP contribution in [-0.4, -0.2) is 36.5 Å². The van der Waals surface area contributed by atoms with Gasteiger partial charge in [0.05, 0.1) is 11.4 Å². The number of halogens is 1. The number of hydrogen-bond donors (Lipinski definition) is 1. The first-order valence-corrected chi connectivity index (χ1v) is 9.61. The van der Waals surface area contributed by atoms with E-state index < -0.39 is 17.3 Å². The van der Waals surface area contributed by atoms with Crippen molar-refractivity contribution in [1.29, 1.82) is 0 Å². The lowest BCUT2D eigenvalue weighted by Crippen LogP contribution is -2.42. The highest BCUT2D eigenvalue weighted by atomic mass is 35.5. The molecule has 2 aromatic heterocycles. The van der Waals surface area contributed by atoms with Crippen molar-refractivity contribution in [1.82, 2.24) is 18.7 Å². The highest BCUT2D eigenvalue weighted by Crippen LogP contribution is 2.31. The van der Waals surface area contributed by atoms with Crippen LogP contribution < -0.4 is 21.5 Å². The standard InChI is InChI=1S/C19H19ClN6O4/c1-10-8-13(27)21-11-6-4-5-7-12(11)26(10)14(28)9-25-15-16(22-18(25)20)23(2)19(30)24(3)17(15)29/h4-7,10H,8-9H2,1-3H3,(H,21,27)/t10-/m1/s1. The van der Waals surface area contributed by atoms with Crippen molar-refractivity contribution in [3.63, 3.8) is 0 Å². The molecule has 10 nitrogen and oxygen atoms in total. The first kappa shape index (κ1) is 19.9. The van der Waals surface area contributed by atoms with Crippen LogP contribution >= 0.6 is 11.6 Å². The predicted molar refractivity (Wildman–Crippen MR) is 112 cm³/mol. The monoisotopic (exact) mass is 430 g/mol. The number of carbonyl (C=O) groups excluding carboxylic acids is 2. The Morgan fingerprint density at radius 2 is 1.90 bits per heavy atom. The van der Waals surface area contributed by atoms with Crippen molar-refractivity contribution in [2.24, 2.45) is 14.1 Å². The normalized spacial score (nSPS) is 16.3. The molecule has 30 heavy (non-hydrogen) atoms. The van der Waals surface area contributed by atoms with Gasteiger partial charge in [-0.1, -0.05) is 12.1 Å². The molecule has 2 amide bonds. The zero-order valence-electron chi connectivity index (χ0n) is 16.5. The minimum absolute atomic E-state index is 0.0583. The molecular weight excluding hydrogens is 412 g/mol. The number of para-hydroxylation sites is 2. The average Bonchev–Trinajstić information content (AvgIpc) is 2.95. The van der Waals surface area contributed by atoms with Gasteiger partial charge in [0.15, 0.2) is 11.2 Å². The molecule has 3 heterocycles. The fourth-order valence-corrected chi connectivity index (χ4v) is 3.97. The van der Waals surface area contributed by atoms with E-state index in [1.807, 2.05) is 0 Å². The molecule has 1 atom stereocenters. The van der Waals surface area contributed by atoms with Gasteiger partial charge in [0, 0.05) is 26.6 Å². The first-order chi connectivity index (χ1) is 14.2. The molecule has 0 unspecified atom stereocenters. The van der Waals surface area contributed by atoms with Crippen LogP contribution in [0.15, 0.2) is 33.9 Å². The molecule has 0 spiro atoms. The molecule has 0 saturated carbocycles. The Balaban J connectivity index is 1.83. The summed E-state index contributed by atoms with van der Waals surface area (Å²) in [5.74, 6) is -0.566. The number of aromatic nitrogens is 4. The van der Waals surface area contributed by atoms with Crippen LogP contribution in [0.2, 0.25) is 5.28 Å². The maximum absolute atomic E-state index is 13.3. The SMILES string of the molecule is C[C@@H]1CC(=O)Nc2ccccc2N1C(=O)Cn1c(Cl)nc2c1c(=O)n(C)c(=O)n2C. The number of amides is 2. The number of fused-ring (bicyclic) bond motifs is 2. The van der Waals surface area contributed by atoms with Gasteiger partial charge in [-0.3, -0.25) is 28.1 Å². The van der Waals surface area contributed by atoms with E-state index in [0.717, 1.165) is 4.57 Å². The number of rotatable bonds is 2. The van der Waals surface area contributed by atoms with Gasteiger partial charge < -0.3 is 10.2 Å². The van der Waals surface area contributed by atoms with Crippen LogP contribution in [0.25, 0.3) is 11.2 Å². The summed E-state index contributed by atoms with van der Waals surface area (Å²) in [6.45, 7) is 1.49. The Kier molecular flexibility index (Phi) is 4.73. The van der Waals surface area contributed by atoms with Crippen molar-refractivity contribution in [3.05, 3.63) is 50.4 Å². The third-order valence-corrected chi connectivity index (χ3v) is 5.51. The van der Waals surface area contributed by atoms with Gasteiger partial charge in [-0.05, 0) is 30.7 Å². The summed E-state index contributed by atoms with van der Waals surface area (Å²) in [6.07, 6.45) is 0.120. The molecule has 1 aliphatic heterocycles. The molecule has 1 aliphatic rings. The lowest BCUT2D eigenvalue weighted by molar-refractivity contribution is -0.119. The molecule has 0 bridgehead atoms. The number of carbonyl (C=O) groups is 2. The molecule has 4 rings (SSSR count). The van der Waals surface area contributed by atoms with Crippen molar-refractivity contribution in [3.8, 4) is 0 Å². The van der Waals surface area contributed by atoms with Gasteiger partial charge >= 0.3 is 5.69 Å². The van der Waals surface area contributed by atoms with Crippen LogP contribution in [0.3, 0.4) is 0 Å². The van der Waals surface area contributed by atoms with E-state index in [4.69, 9.17) is 11.6 Å². The van der Waals surface area contributed by atoms with Gasteiger partial charge in [0.25, 0.3) is 5.56 Å². The topological polar surface area (TPSA) is 111 Å². The maximum Gasteiger partial charge on any atom is 0.332 e. The van der Waals surface area contributed by atoms with Gasteiger partial charge in [0.1, 0.15) is 6.54 Å². The Bertz CT molecular complexity index is 1320. The van der Waals surface area contributed by atoms with Crippen molar-refractivity contribution < 1.29 is 9.59 Å². The van der Waals surface area contributed by atoms with Gasteiger partial charge in [-0.25, -0.2) is 4.79 Å². The summed E-state index contributed by atoms with van der Waals surface area (Å²) in [5.41, 5.74) is 0.105. The summed E-state index contributed by atoms with van der Waals surface area (Å²) in [6, 6.07) is 6.58. The number of benzene rings is 1. The van der Waals surface area contributed by atoms with E-state index >= 15 is 0 Å². The molecule has 0 saturated heterocycles. The summed E-state index contributed by atoms with van der Waals surface area (Å²) in [4.78, 5) is 56.0. The predicted octanol–water partition coefficient (Wildman–Crippen LogP) is 0.851. The fraction of sp³-hybridized carbons (Fsp3) is 0.316. The maximum atomic E-state index is 13.3. The van der Waals surface area contributed by atoms with Crippen LogP contribution in [0, 0.1) is 0 Å². The van der Waals surface area contributed by atoms with E-state index in [9.17, 15) is 19.2 Å². The van der Waals surface area contributed by atoms with Crippen LogP contribution in [0.5, 0.6) is 0 Å². The summed E-state index contributed by atoms with van der Waals surface area (Å²) < 4.78 is 3.43. The number of hydrogen-bond acceptors (Lipinski definition) is 5. The summed E-state index contributed by atoms with van der Waals surface area (Å²) in [7, 11) is 2.82. The second-order valence-corrected chi connectivity index (χ2v) is 7.57. The Hall–Kier alpha value is -3.40. The smallest absolute Gasteiger partial charge is 0.324 e. The largest absolute Gasteiger partial charge is 0.332 e. The van der Waals surface area contributed by atoms with E-state index in [-0.39, 0.29) is 41.2 Å². The van der Waals surface area contributed by atoms with E-state index in [1.54, 1.807) is 31.2 Å². The number of nitrogens with zero attached hydrogens (tertiary/aromatic N) is 5. The summed E-state index contributed by atoms with van der Waals surface area (Å²) in [5, 5.41) is 2.72. The third-order valence-electron chi connectivity index (χ3n) is 5.22. The molecule has 0 aliphatic carbocycles. The number of anilines is 2. The number of imidazole rings is 1. The average molecular weight is 431 g/mol. The molecule has 0 fully saturated rings. The van der Waals surface area contributed by atoms with Crippen LogP contribution in [0.4, 0.5) is 11.4 Å². The van der Waals surface area contributed by atoms with E-state index in [2.05, 4.69) is 10.3 Å². The van der Waals surface area contributed by atoms with Crippen molar-refractivity contribution >= 4 is 46.0 Å². The Labute approximate surface area is 175 Å². The van der Waals surface area contributed by atoms with E-state index in [0.29, 0.717) is 11.4 Å². The molecule has 1 aromatic carbocycles. The number of nitrogens with one attached hydrogen (secondary N) is 1. The summed E-state index contributed by atoms with van der Waals surface area (Å²) >= 11 is 6.24. The van der Waals surface area contributed by atoms with Crippen molar-refractivity contribution in [2.75, 3.05) is 10.2 Å². The highest BCUT2D eigenvalue weighted by molar-refractivity contribution is 6.29. The van der Waals surface area contributed by atoms with Gasteiger partial charge in [-0.2, -0.15) is 4.98 Å². The third kappa shape index (κ3) is 3.00. The minimum Gasteiger partial charge on any atom is -0.324 e. The van der Waals surface area contributed by atoms with E-state index in [1.165, 1.54) is 28.1 Å². The Morgan fingerprint density at radius 1 is 1.20 bits per heavy atom. The van der Waals surface area contributed by atoms with Gasteiger partial charge in [-0.15, -0.1) is 0 Å². The van der Waals surface area contributed by atoms with Crippen molar-refractivity contribution in [2.45, 2.75) is 25.9 Å². The minimum atomic E-state index is -0.596. The Morgan fingerprint density at radius 3 is 2.63 bits per heavy atom. The highest BCUT2D eigenvalue weighted by Gasteiger charge is 2.31. The lowest BCUT2D eigenvalue weighted by atomic mass is 10.1. The lowest BCUT2D eigenvalue weighted by Gasteiger charge is -2.28. The second-order valence-electron chi connectivity index (χ2n) is 7.23. The molecule has 1 N–H and O–H groups in total. The molecule has 0 radical (unpaired) electrons. The fourth-order valence-electron chi connectivity index (χ4n) is 3.74. The zero-order valence-corrected chi connectivity index (χ0v) is 17.3. The molecule has 156 valence electrons.